The van der Waals surface area contributed by atoms with E-state index in [2.05, 4.69) is 48.4 Å². The van der Waals surface area contributed by atoms with Crippen molar-refractivity contribution in [3.8, 4) is 0 Å². The number of nitrogens with one attached hydrogen (secondary N) is 1. The summed E-state index contributed by atoms with van der Waals surface area (Å²) in [4.78, 5) is 41.9. The Bertz CT molecular complexity index is 1260. The van der Waals surface area contributed by atoms with E-state index in [1.54, 1.807) is 7.05 Å². The zero-order chi connectivity index (χ0) is 23.7. The second-order valence-corrected chi connectivity index (χ2v) is 9.54. The fraction of sp³-hybridized carbons (Fsp3) is 0.520. The lowest BCUT2D eigenvalue weighted by atomic mass is 9.83. The molecule has 1 atom stereocenters. The molecular weight excluding hydrogens is 418 g/mol. The van der Waals surface area contributed by atoms with Gasteiger partial charge in [0.15, 0.2) is 11.2 Å². The highest BCUT2D eigenvalue weighted by Crippen LogP contribution is 2.33. The van der Waals surface area contributed by atoms with E-state index in [1.165, 1.54) is 60.2 Å². The van der Waals surface area contributed by atoms with E-state index >= 15 is 0 Å². The van der Waals surface area contributed by atoms with Gasteiger partial charge < -0.3 is 9.88 Å². The molecule has 0 bridgehead atoms. The largest absolute Gasteiger partial charge is 0.347 e. The van der Waals surface area contributed by atoms with Crippen LogP contribution in [0.5, 0.6) is 0 Å². The average Bonchev–Trinajstić information content (AvgIpc) is 3.24. The number of nitrogens with zero attached hydrogens (tertiary/aromatic N) is 4. The molecule has 1 N–H and O–H groups in total. The maximum Gasteiger partial charge on any atom is 0.332 e. The van der Waals surface area contributed by atoms with Gasteiger partial charge in [-0.15, -0.1) is 0 Å². The molecular formula is C25H33N5O3. The van der Waals surface area contributed by atoms with Crippen molar-refractivity contribution >= 4 is 17.1 Å². The number of rotatable bonds is 6. The number of fused-ring (bicyclic) bond motifs is 1. The molecule has 33 heavy (non-hydrogen) atoms. The number of aryl methyl sites for hydroxylation is 1. The molecule has 1 aromatic carbocycles. The summed E-state index contributed by atoms with van der Waals surface area (Å²) < 4.78 is 3.86. The van der Waals surface area contributed by atoms with Gasteiger partial charge in [0.25, 0.3) is 5.56 Å². The number of benzene rings is 1. The number of hydrogen-bond donors (Lipinski definition) is 1. The van der Waals surface area contributed by atoms with Crippen molar-refractivity contribution in [1.29, 1.82) is 0 Å². The zero-order valence-electron chi connectivity index (χ0n) is 19.9. The van der Waals surface area contributed by atoms with Crippen LogP contribution in [-0.2, 0) is 25.4 Å². The molecule has 0 saturated heterocycles. The lowest BCUT2D eigenvalue weighted by molar-refractivity contribution is -0.122. The van der Waals surface area contributed by atoms with Crippen molar-refractivity contribution < 1.29 is 4.79 Å². The monoisotopic (exact) mass is 451 g/mol. The van der Waals surface area contributed by atoms with Gasteiger partial charge in [-0.3, -0.25) is 18.7 Å². The smallest absolute Gasteiger partial charge is 0.332 e. The summed E-state index contributed by atoms with van der Waals surface area (Å²) >= 11 is 0. The van der Waals surface area contributed by atoms with Gasteiger partial charge in [-0.1, -0.05) is 57.4 Å². The summed E-state index contributed by atoms with van der Waals surface area (Å²) in [5.74, 6) is 0.635. The van der Waals surface area contributed by atoms with Gasteiger partial charge in [0.2, 0.25) is 5.91 Å². The van der Waals surface area contributed by atoms with Gasteiger partial charge >= 0.3 is 5.69 Å². The van der Waals surface area contributed by atoms with Crippen LogP contribution >= 0.6 is 0 Å². The van der Waals surface area contributed by atoms with Crippen molar-refractivity contribution in [3.63, 3.8) is 0 Å². The van der Waals surface area contributed by atoms with Crippen molar-refractivity contribution in [3.05, 3.63) is 62.6 Å². The summed E-state index contributed by atoms with van der Waals surface area (Å²) in [7, 11) is 2.99. The third-order valence-electron chi connectivity index (χ3n) is 6.89. The van der Waals surface area contributed by atoms with E-state index < -0.39 is 11.2 Å². The van der Waals surface area contributed by atoms with Gasteiger partial charge in [-0.2, -0.15) is 0 Å². The first kappa shape index (κ1) is 23.0. The number of amides is 1. The second kappa shape index (κ2) is 9.37. The Labute approximate surface area is 193 Å². The molecule has 1 unspecified atom stereocenters. The fourth-order valence-electron chi connectivity index (χ4n) is 4.94. The van der Waals surface area contributed by atoms with Gasteiger partial charge in [-0.05, 0) is 35.8 Å². The Hall–Kier alpha value is -3.16. The first-order valence-corrected chi connectivity index (χ1v) is 11.8. The minimum atomic E-state index is -0.461. The molecule has 3 aromatic rings. The summed E-state index contributed by atoms with van der Waals surface area (Å²) in [5.41, 5.74) is 2.07. The average molecular weight is 452 g/mol. The maximum absolute atomic E-state index is 13.0. The van der Waals surface area contributed by atoms with Crippen LogP contribution in [0.15, 0.2) is 40.2 Å². The molecule has 1 amide bonds. The molecule has 1 saturated carbocycles. The molecule has 0 aliphatic heterocycles. The first-order chi connectivity index (χ1) is 15.8. The summed E-state index contributed by atoms with van der Waals surface area (Å²) in [6.07, 6.45) is 7.90. The molecule has 1 aliphatic rings. The van der Waals surface area contributed by atoms with E-state index in [4.69, 9.17) is 0 Å². The van der Waals surface area contributed by atoms with Gasteiger partial charge in [0.05, 0.1) is 12.4 Å². The Morgan fingerprint density at radius 2 is 1.73 bits per heavy atom. The second-order valence-electron chi connectivity index (χ2n) is 9.54. The van der Waals surface area contributed by atoms with Crippen molar-refractivity contribution in [2.24, 2.45) is 20.0 Å². The van der Waals surface area contributed by atoms with Crippen LogP contribution in [-0.4, -0.2) is 24.6 Å². The van der Waals surface area contributed by atoms with Crippen LogP contribution in [0.3, 0.4) is 0 Å². The summed E-state index contributed by atoms with van der Waals surface area (Å²) in [5, 5.41) is 3.13. The molecule has 8 heteroatoms. The Balaban J connectivity index is 1.53. The first-order valence-electron chi connectivity index (χ1n) is 11.8. The highest BCUT2D eigenvalue weighted by Gasteiger charge is 2.22. The SMILES string of the molecule is CC(C)C(NC(=O)Cn1cnc2c1c(=O)n(C)c(=O)n2C)c1ccc(C2CCCCC2)cc1. The molecule has 4 rings (SSSR count). The van der Waals surface area contributed by atoms with Crippen LogP contribution in [0.25, 0.3) is 11.2 Å². The number of hydrogen-bond acceptors (Lipinski definition) is 4. The highest BCUT2D eigenvalue weighted by molar-refractivity contribution is 5.79. The van der Waals surface area contributed by atoms with Crippen molar-refractivity contribution in [1.82, 2.24) is 24.0 Å². The van der Waals surface area contributed by atoms with E-state index in [1.807, 2.05) is 0 Å². The minimum Gasteiger partial charge on any atom is -0.347 e. The Morgan fingerprint density at radius 3 is 2.36 bits per heavy atom. The van der Waals surface area contributed by atoms with Crippen LogP contribution in [0.1, 0.15) is 69.0 Å². The standard InChI is InChI=1S/C25H33N5O3/c1-16(2)21(19-12-10-18(11-13-19)17-8-6-5-7-9-17)27-20(31)14-30-15-26-23-22(30)24(32)29(4)25(33)28(23)3/h10-13,15-17,21H,5-9,14H2,1-4H3,(H,27,31). The van der Waals surface area contributed by atoms with Crippen LogP contribution in [0, 0.1) is 5.92 Å². The third-order valence-corrected chi connectivity index (χ3v) is 6.89. The van der Waals surface area contributed by atoms with Gasteiger partial charge in [0.1, 0.15) is 6.54 Å². The molecule has 1 aliphatic carbocycles. The molecule has 0 spiro atoms. The molecule has 8 nitrogen and oxygen atoms in total. The fourth-order valence-corrected chi connectivity index (χ4v) is 4.94. The normalized spacial score (nSPS) is 15.8. The van der Waals surface area contributed by atoms with E-state index in [-0.39, 0.29) is 35.6 Å². The molecule has 0 radical (unpaired) electrons. The lowest BCUT2D eigenvalue weighted by Crippen LogP contribution is -2.38. The van der Waals surface area contributed by atoms with Gasteiger partial charge in [0, 0.05) is 14.1 Å². The van der Waals surface area contributed by atoms with Crippen molar-refractivity contribution in [2.75, 3.05) is 0 Å². The Morgan fingerprint density at radius 1 is 1.06 bits per heavy atom. The zero-order valence-corrected chi connectivity index (χ0v) is 19.9. The maximum atomic E-state index is 13.0. The molecule has 176 valence electrons. The summed E-state index contributed by atoms with van der Waals surface area (Å²) in [6, 6.07) is 8.54. The van der Waals surface area contributed by atoms with Crippen LogP contribution < -0.4 is 16.6 Å². The summed E-state index contributed by atoms with van der Waals surface area (Å²) in [6.45, 7) is 4.11. The molecule has 1 fully saturated rings. The number of carbonyl (C=O) groups is 1. The predicted octanol–water partition coefficient (Wildman–Crippen LogP) is 2.99. The predicted molar refractivity (Wildman–Crippen MR) is 128 cm³/mol. The number of aromatic nitrogens is 4. The van der Waals surface area contributed by atoms with Crippen LogP contribution in [0.4, 0.5) is 0 Å². The number of imidazole rings is 1. The van der Waals surface area contributed by atoms with Crippen molar-refractivity contribution in [2.45, 2.75) is 64.5 Å². The van der Waals surface area contributed by atoms with Gasteiger partial charge in [-0.25, -0.2) is 9.78 Å². The van der Waals surface area contributed by atoms with E-state index in [0.717, 1.165) is 10.1 Å². The Kier molecular flexibility index (Phi) is 6.54. The number of carbonyl (C=O) groups excluding carboxylic acids is 1. The third kappa shape index (κ3) is 4.51. The highest BCUT2D eigenvalue weighted by atomic mass is 16.2. The lowest BCUT2D eigenvalue weighted by Gasteiger charge is -2.25. The topological polar surface area (TPSA) is 90.9 Å². The molecule has 2 heterocycles. The van der Waals surface area contributed by atoms with E-state index in [0.29, 0.717) is 5.92 Å². The quantitative estimate of drug-likeness (QED) is 0.624. The van der Waals surface area contributed by atoms with E-state index in [9.17, 15) is 14.4 Å². The van der Waals surface area contributed by atoms with Crippen LogP contribution in [0.2, 0.25) is 0 Å². The molecule has 2 aromatic heterocycles. The minimum absolute atomic E-state index is 0.0483.